The Labute approximate surface area is 107 Å². The van der Waals surface area contributed by atoms with E-state index in [0.717, 1.165) is 17.6 Å². The van der Waals surface area contributed by atoms with E-state index in [0.29, 0.717) is 12.1 Å². The van der Waals surface area contributed by atoms with Crippen molar-refractivity contribution in [3.8, 4) is 0 Å². The lowest BCUT2D eigenvalue weighted by atomic mass is 10.2. The van der Waals surface area contributed by atoms with Gasteiger partial charge in [0.15, 0.2) is 0 Å². The van der Waals surface area contributed by atoms with Gasteiger partial charge in [-0.15, -0.1) is 0 Å². The van der Waals surface area contributed by atoms with Gasteiger partial charge in [-0.05, 0) is 24.6 Å². The molecule has 3 heteroatoms. The first kappa shape index (κ1) is 13.7. The van der Waals surface area contributed by atoms with E-state index in [1.807, 2.05) is 6.07 Å². The van der Waals surface area contributed by atoms with E-state index in [1.165, 1.54) is 5.56 Å². The predicted molar refractivity (Wildman–Crippen MR) is 73.6 cm³/mol. The Bertz CT molecular complexity index is 313. The van der Waals surface area contributed by atoms with Crippen molar-refractivity contribution in [1.82, 2.24) is 10.6 Å². The molecule has 0 amide bonds. The zero-order chi connectivity index (χ0) is 12.0. The topological polar surface area (TPSA) is 24.1 Å². The second kappa shape index (κ2) is 7.05. The molecule has 0 aromatic heterocycles. The van der Waals surface area contributed by atoms with Crippen LogP contribution in [0.2, 0.25) is 0 Å². The van der Waals surface area contributed by atoms with E-state index < -0.39 is 0 Å². The zero-order valence-electron chi connectivity index (χ0n) is 10.3. The van der Waals surface area contributed by atoms with Crippen molar-refractivity contribution in [2.45, 2.75) is 39.4 Å². The summed E-state index contributed by atoms with van der Waals surface area (Å²) in [6.45, 7) is 8.46. The first-order valence-corrected chi connectivity index (χ1v) is 6.58. The summed E-state index contributed by atoms with van der Waals surface area (Å²) in [4.78, 5) is 0. The average molecular weight is 285 g/mol. The molecule has 1 aromatic carbocycles. The number of rotatable bonds is 6. The summed E-state index contributed by atoms with van der Waals surface area (Å²) in [7, 11) is 0. The highest BCUT2D eigenvalue weighted by molar-refractivity contribution is 9.10. The lowest BCUT2D eigenvalue weighted by Gasteiger charge is -2.16. The van der Waals surface area contributed by atoms with Crippen molar-refractivity contribution in [2.75, 3.05) is 6.54 Å². The summed E-state index contributed by atoms with van der Waals surface area (Å²) in [5.74, 6) is 0. The van der Waals surface area contributed by atoms with Crippen LogP contribution >= 0.6 is 15.9 Å². The molecule has 0 aliphatic rings. The van der Waals surface area contributed by atoms with Gasteiger partial charge < -0.3 is 10.6 Å². The molecule has 1 atom stereocenters. The highest BCUT2D eigenvalue weighted by Gasteiger charge is 2.02. The van der Waals surface area contributed by atoms with Crippen molar-refractivity contribution in [2.24, 2.45) is 0 Å². The molecule has 0 fully saturated rings. The lowest BCUT2D eigenvalue weighted by molar-refractivity contribution is 0.474. The Morgan fingerprint density at radius 1 is 1.19 bits per heavy atom. The van der Waals surface area contributed by atoms with Crippen LogP contribution in [0.3, 0.4) is 0 Å². The van der Waals surface area contributed by atoms with Crippen molar-refractivity contribution >= 4 is 15.9 Å². The SMILES string of the molecule is CC(C)NCC(C)NCc1cccc(Br)c1. The number of nitrogens with one attached hydrogen (secondary N) is 2. The monoisotopic (exact) mass is 284 g/mol. The third kappa shape index (κ3) is 5.64. The second-order valence-electron chi connectivity index (χ2n) is 4.47. The van der Waals surface area contributed by atoms with E-state index in [4.69, 9.17) is 0 Å². The third-order valence-corrected chi connectivity index (χ3v) is 2.87. The molecule has 1 rings (SSSR count). The normalized spacial score (nSPS) is 13.1. The molecule has 90 valence electrons. The van der Waals surface area contributed by atoms with Crippen molar-refractivity contribution in [1.29, 1.82) is 0 Å². The quantitative estimate of drug-likeness (QED) is 0.839. The fourth-order valence-corrected chi connectivity index (χ4v) is 1.87. The molecule has 2 nitrogen and oxygen atoms in total. The molecule has 0 aliphatic heterocycles. The minimum atomic E-state index is 0.487. The minimum absolute atomic E-state index is 0.487. The summed E-state index contributed by atoms with van der Waals surface area (Å²) in [6.07, 6.45) is 0. The number of hydrogen-bond acceptors (Lipinski definition) is 2. The molecule has 1 unspecified atom stereocenters. The predicted octanol–water partition coefficient (Wildman–Crippen LogP) is 2.93. The third-order valence-electron chi connectivity index (χ3n) is 2.38. The van der Waals surface area contributed by atoms with Crippen LogP contribution in [-0.2, 0) is 6.54 Å². The van der Waals surface area contributed by atoms with E-state index in [1.54, 1.807) is 0 Å². The Morgan fingerprint density at radius 3 is 2.56 bits per heavy atom. The maximum Gasteiger partial charge on any atom is 0.0208 e. The van der Waals surface area contributed by atoms with Crippen LogP contribution in [0.4, 0.5) is 0 Å². The van der Waals surface area contributed by atoms with E-state index in [-0.39, 0.29) is 0 Å². The van der Waals surface area contributed by atoms with Gasteiger partial charge in [-0.2, -0.15) is 0 Å². The molecule has 0 radical (unpaired) electrons. The number of hydrogen-bond donors (Lipinski definition) is 2. The summed E-state index contributed by atoms with van der Waals surface area (Å²) >= 11 is 3.48. The molecule has 0 heterocycles. The summed E-state index contributed by atoms with van der Waals surface area (Å²) in [5, 5.41) is 6.92. The van der Waals surface area contributed by atoms with Crippen LogP contribution in [0.25, 0.3) is 0 Å². The molecule has 16 heavy (non-hydrogen) atoms. The molecule has 2 N–H and O–H groups in total. The largest absolute Gasteiger partial charge is 0.313 e. The average Bonchev–Trinajstić information content (AvgIpc) is 2.23. The smallest absolute Gasteiger partial charge is 0.0208 e. The highest BCUT2D eigenvalue weighted by atomic mass is 79.9. The number of benzene rings is 1. The van der Waals surface area contributed by atoms with Gasteiger partial charge in [-0.3, -0.25) is 0 Å². The molecule has 0 spiro atoms. The van der Waals surface area contributed by atoms with Gasteiger partial charge >= 0.3 is 0 Å². The van der Waals surface area contributed by atoms with Crippen LogP contribution < -0.4 is 10.6 Å². The van der Waals surface area contributed by atoms with Crippen molar-refractivity contribution in [3.63, 3.8) is 0 Å². The maximum absolute atomic E-state index is 3.50. The van der Waals surface area contributed by atoms with Crippen LogP contribution in [0, 0.1) is 0 Å². The molecule has 1 aromatic rings. The first-order valence-electron chi connectivity index (χ1n) is 5.79. The zero-order valence-corrected chi connectivity index (χ0v) is 11.8. The fourth-order valence-electron chi connectivity index (χ4n) is 1.42. The highest BCUT2D eigenvalue weighted by Crippen LogP contribution is 2.11. The van der Waals surface area contributed by atoms with E-state index in [2.05, 4.69) is 65.5 Å². The molecule has 0 saturated heterocycles. The Kier molecular flexibility index (Phi) is 6.03. The molecule has 0 saturated carbocycles. The number of halogens is 1. The summed E-state index contributed by atoms with van der Waals surface area (Å²) < 4.78 is 1.14. The van der Waals surface area contributed by atoms with Crippen LogP contribution in [0.15, 0.2) is 28.7 Å². The minimum Gasteiger partial charge on any atom is -0.313 e. The lowest BCUT2D eigenvalue weighted by Crippen LogP contribution is -2.38. The Balaban J connectivity index is 2.28. The summed E-state index contributed by atoms with van der Waals surface area (Å²) in [5.41, 5.74) is 1.31. The van der Waals surface area contributed by atoms with Crippen molar-refractivity contribution in [3.05, 3.63) is 34.3 Å². The van der Waals surface area contributed by atoms with Gasteiger partial charge in [0.1, 0.15) is 0 Å². The van der Waals surface area contributed by atoms with E-state index in [9.17, 15) is 0 Å². The standard InChI is InChI=1S/C13H21BrN2/c1-10(2)15-8-11(3)16-9-12-5-4-6-13(14)7-12/h4-7,10-11,15-16H,8-9H2,1-3H3. The maximum atomic E-state index is 3.50. The van der Waals surface area contributed by atoms with Gasteiger partial charge in [0, 0.05) is 29.6 Å². The van der Waals surface area contributed by atoms with Gasteiger partial charge in [0.2, 0.25) is 0 Å². The van der Waals surface area contributed by atoms with Crippen LogP contribution in [0.5, 0.6) is 0 Å². The van der Waals surface area contributed by atoms with Crippen LogP contribution in [0.1, 0.15) is 26.3 Å². The molecule has 0 aliphatic carbocycles. The molecule has 0 bridgehead atoms. The molecular weight excluding hydrogens is 264 g/mol. The van der Waals surface area contributed by atoms with Gasteiger partial charge in [-0.25, -0.2) is 0 Å². The first-order chi connectivity index (χ1) is 7.58. The summed E-state index contributed by atoms with van der Waals surface area (Å²) in [6, 6.07) is 9.44. The molecular formula is C13H21BrN2. The van der Waals surface area contributed by atoms with E-state index >= 15 is 0 Å². The van der Waals surface area contributed by atoms with Crippen molar-refractivity contribution < 1.29 is 0 Å². The van der Waals surface area contributed by atoms with Gasteiger partial charge in [0.05, 0.1) is 0 Å². The Hall–Kier alpha value is -0.380. The van der Waals surface area contributed by atoms with Gasteiger partial charge in [0.25, 0.3) is 0 Å². The fraction of sp³-hybridized carbons (Fsp3) is 0.538. The van der Waals surface area contributed by atoms with Crippen LogP contribution in [-0.4, -0.2) is 18.6 Å². The second-order valence-corrected chi connectivity index (χ2v) is 5.39. The Morgan fingerprint density at radius 2 is 1.94 bits per heavy atom. The van der Waals surface area contributed by atoms with Gasteiger partial charge in [-0.1, -0.05) is 41.9 Å².